The van der Waals surface area contributed by atoms with Gasteiger partial charge in [-0.15, -0.1) is 0 Å². The Morgan fingerprint density at radius 3 is 2.52 bits per heavy atom. The number of methoxy groups -OCH3 is 1. The normalized spacial score (nSPS) is 10.3. The largest absolute Gasteiger partial charge is 0.465 e. The lowest BCUT2D eigenvalue weighted by Crippen LogP contribution is -2.05. The zero-order valence-electron chi connectivity index (χ0n) is 11.0. The van der Waals surface area contributed by atoms with Gasteiger partial charge < -0.3 is 10.1 Å². The van der Waals surface area contributed by atoms with Crippen LogP contribution in [0, 0.1) is 0 Å². The Labute approximate surface area is 137 Å². The molecule has 1 heterocycles. The van der Waals surface area contributed by atoms with Crippen molar-refractivity contribution in [2.75, 3.05) is 12.4 Å². The van der Waals surface area contributed by atoms with Gasteiger partial charge in [0.1, 0.15) is 0 Å². The van der Waals surface area contributed by atoms with E-state index in [-0.39, 0.29) is 0 Å². The standard InChI is InChI=1S/C14H11Cl3N2O2/c1-21-14(20)8-2-3-9(18-6-8)7-19-13-5-11(16)10(15)4-12(13)17/h2-6,19H,7H2,1H3. The molecule has 110 valence electrons. The van der Waals surface area contributed by atoms with E-state index in [0.29, 0.717) is 32.9 Å². The van der Waals surface area contributed by atoms with Gasteiger partial charge in [0.25, 0.3) is 0 Å². The Kier molecular flexibility index (Phi) is 5.28. The SMILES string of the molecule is COC(=O)c1ccc(CNc2cc(Cl)c(Cl)cc2Cl)nc1. The molecule has 2 aromatic rings. The highest BCUT2D eigenvalue weighted by Crippen LogP contribution is 2.32. The first-order valence-electron chi connectivity index (χ1n) is 5.93. The number of hydrogen-bond acceptors (Lipinski definition) is 4. The second-order valence-corrected chi connectivity index (χ2v) is 5.35. The summed E-state index contributed by atoms with van der Waals surface area (Å²) in [6, 6.07) is 6.59. The molecule has 7 heteroatoms. The molecule has 0 bridgehead atoms. The number of aromatic nitrogens is 1. The third-order valence-corrected chi connectivity index (χ3v) is 3.75. The number of benzene rings is 1. The molecule has 0 spiro atoms. The summed E-state index contributed by atoms with van der Waals surface area (Å²) < 4.78 is 4.61. The number of hydrogen-bond donors (Lipinski definition) is 1. The van der Waals surface area contributed by atoms with Crippen molar-refractivity contribution in [3.8, 4) is 0 Å². The van der Waals surface area contributed by atoms with Crippen molar-refractivity contribution in [2.45, 2.75) is 6.54 Å². The van der Waals surface area contributed by atoms with Crippen LogP contribution in [0.1, 0.15) is 16.1 Å². The van der Waals surface area contributed by atoms with E-state index >= 15 is 0 Å². The minimum atomic E-state index is -0.422. The molecule has 0 unspecified atom stereocenters. The molecule has 4 nitrogen and oxygen atoms in total. The first kappa shape index (κ1) is 15.9. The first-order chi connectivity index (χ1) is 10.0. The predicted molar refractivity (Wildman–Crippen MR) is 84.4 cm³/mol. The second-order valence-electron chi connectivity index (χ2n) is 4.13. The molecule has 0 aliphatic rings. The lowest BCUT2D eigenvalue weighted by molar-refractivity contribution is 0.0600. The van der Waals surface area contributed by atoms with Crippen LogP contribution in [0.3, 0.4) is 0 Å². The molecule has 21 heavy (non-hydrogen) atoms. The summed E-state index contributed by atoms with van der Waals surface area (Å²) in [5.41, 5.74) is 1.79. The lowest BCUT2D eigenvalue weighted by Gasteiger charge is -2.09. The summed E-state index contributed by atoms with van der Waals surface area (Å²) in [6.07, 6.45) is 1.46. The van der Waals surface area contributed by atoms with E-state index in [1.165, 1.54) is 13.3 Å². The van der Waals surface area contributed by atoms with Crippen molar-refractivity contribution in [1.82, 2.24) is 4.98 Å². The smallest absolute Gasteiger partial charge is 0.339 e. The zero-order chi connectivity index (χ0) is 15.4. The van der Waals surface area contributed by atoms with Crippen LogP contribution in [0.15, 0.2) is 30.5 Å². The number of carbonyl (C=O) groups excluding carboxylic acids is 1. The van der Waals surface area contributed by atoms with E-state index in [1.54, 1.807) is 24.3 Å². The number of rotatable bonds is 4. The van der Waals surface area contributed by atoms with Crippen molar-refractivity contribution >= 4 is 46.5 Å². The molecule has 0 saturated heterocycles. The van der Waals surface area contributed by atoms with Gasteiger partial charge in [0, 0.05) is 6.20 Å². The Hall–Kier alpha value is -1.49. The summed E-state index contributed by atoms with van der Waals surface area (Å²) in [7, 11) is 1.32. The topological polar surface area (TPSA) is 51.2 Å². The molecular formula is C14H11Cl3N2O2. The van der Waals surface area contributed by atoms with Crippen LogP contribution < -0.4 is 5.32 Å². The fraction of sp³-hybridized carbons (Fsp3) is 0.143. The van der Waals surface area contributed by atoms with E-state index in [1.807, 2.05) is 0 Å². The molecule has 2 rings (SSSR count). The molecule has 0 radical (unpaired) electrons. The highest BCUT2D eigenvalue weighted by molar-refractivity contribution is 6.44. The average Bonchev–Trinajstić information content (AvgIpc) is 2.49. The maximum atomic E-state index is 11.3. The Bertz CT molecular complexity index is 660. The lowest BCUT2D eigenvalue weighted by atomic mass is 10.2. The summed E-state index contributed by atoms with van der Waals surface area (Å²) in [6.45, 7) is 0.430. The van der Waals surface area contributed by atoms with Crippen molar-refractivity contribution in [2.24, 2.45) is 0 Å². The van der Waals surface area contributed by atoms with E-state index < -0.39 is 5.97 Å². The van der Waals surface area contributed by atoms with Crippen LogP contribution in [0.2, 0.25) is 15.1 Å². The van der Waals surface area contributed by atoms with Crippen molar-refractivity contribution < 1.29 is 9.53 Å². The molecule has 1 N–H and O–H groups in total. The monoisotopic (exact) mass is 344 g/mol. The molecule has 1 aromatic carbocycles. The van der Waals surface area contributed by atoms with Crippen LogP contribution in [0.5, 0.6) is 0 Å². The van der Waals surface area contributed by atoms with Gasteiger partial charge >= 0.3 is 5.97 Å². The number of halogens is 3. The summed E-state index contributed by atoms with van der Waals surface area (Å²) in [5.74, 6) is -0.422. The fourth-order valence-corrected chi connectivity index (χ4v) is 2.23. The number of esters is 1. The maximum Gasteiger partial charge on any atom is 0.339 e. The Morgan fingerprint density at radius 1 is 1.19 bits per heavy atom. The van der Waals surface area contributed by atoms with Gasteiger partial charge in [-0.2, -0.15) is 0 Å². The number of nitrogens with zero attached hydrogens (tertiary/aromatic N) is 1. The number of nitrogens with one attached hydrogen (secondary N) is 1. The van der Waals surface area contributed by atoms with Gasteiger partial charge in [-0.25, -0.2) is 4.79 Å². The van der Waals surface area contributed by atoms with Crippen molar-refractivity contribution in [3.05, 3.63) is 56.8 Å². The van der Waals surface area contributed by atoms with Crippen LogP contribution in [-0.4, -0.2) is 18.1 Å². The van der Waals surface area contributed by atoms with Crippen molar-refractivity contribution in [3.63, 3.8) is 0 Å². The maximum absolute atomic E-state index is 11.3. The predicted octanol–water partition coefficient (Wildman–Crippen LogP) is 4.44. The third-order valence-electron chi connectivity index (χ3n) is 2.72. The molecule has 0 aliphatic heterocycles. The van der Waals surface area contributed by atoms with Gasteiger partial charge in [0.05, 0.1) is 45.7 Å². The van der Waals surface area contributed by atoms with Gasteiger partial charge in [0.2, 0.25) is 0 Å². The number of pyridine rings is 1. The highest BCUT2D eigenvalue weighted by atomic mass is 35.5. The minimum Gasteiger partial charge on any atom is -0.465 e. The third kappa shape index (κ3) is 4.00. The van der Waals surface area contributed by atoms with Gasteiger partial charge in [-0.1, -0.05) is 34.8 Å². The Balaban J connectivity index is 2.06. The zero-order valence-corrected chi connectivity index (χ0v) is 13.3. The molecule has 0 atom stereocenters. The highest BCUT2D eigenvalue weighted by Gasteiger charge is 2.08. The molecular weight excluding hydrogens is 335 g/mol. The molecule has 0 aliphatic carbocycles. The number of anilines is 1. The van der Waals surface area contributed by atoms with Crippen LogP contribution >= 0.6 is 34.8 Å². The Morgan fingerprint density at radius 2 is 1.90 bits per heavy atom. The van der Waals surface area contributed by atoms with Gasteiger partial charge in [-0.3, -0.25) is 4.98 Å². The van der Waals surface area contributed by atoms with Crippen LogP contribution in [-0.2, 0) is 11.3 Å². The molecule has 0 amide bonds. The van der Waals surface area contributed by atoms with Gasteiger partial charge in [-0.05, 0) is 24.3 Å². The minimum absolute atomic E-state index is 0.396. The summed E-state index contributed by atoms with van der Waals surface area (Å²) >= 11 is 17.9. The summed E-state index contributed by atoms with van der Waals surface area (Å²) in [4.78, 5) is 15.5. The molecule has 0 fully saturated rings. The second kappa shape index (κ2) is 6.98. The number of ether oxygens (including phenoxy) is 1. The summed E-state index contributed by atoms with van der Waals surface area (Å²) in [5, 5.41) is 4.38. The van der Waals surface area contributed by atoms with Crippen LogP contribution in [0.25, 0.3) is 0 Å². The molecule has 0 saturated carbocycles. The van der Waals surface area contributed by atoms with E-state index in [4.69, 9.17) is 34.8 Å². The van der Waals surface area contributed by atoms with Gasteiger partial charge in [0.15, 0.2) is 0 Å². The first-order valence-corrected chi connectivity index (χ1v) is 7.06. The number of carbonyl (C=O) groups is 1. The van der Waals surface area contributed by atoms with E-state index in [2.05, 4.69) is 15.0 Å². The quantitative estimate of drug-likeness (QED) is 0.657. The van der Waals surface area contributed by atoms with E-state index in [9.17, 15) is 4.79 Å². The van der Waals surface area contributed by atoms with Crippen LogP contribution in [0.4, 0.5) is 5.69 Å². The van der Waals surface area contributed by atoms with E-state index in [0.717, 1.165) is 5.69 Å². The van der Waals surface area contributed by atoms with Crippen molar-refractivity contribution in [1.29, 1.82) is 0 Å². The fourth-order valence-electron chi connectivity index (χ4n) is 1.61. The molecule has 1 aromatic heterocycles. The average molecular weight is 346 g/mol.